The zero-order valence-corrected chi connectivity index (χ0v) is 28.1. The molecule has 50 heavy (non-hydrogen) atoms. The van der Waals surface area contributed by atoms with E-state index in [1.165, 1.54) is 32.1 Å². The molecule has 9 rings (SSSR count). The molecule has 15 heteroatoms. The number of nitrogens with zero attached hydrogens (tertiary/aromatic N) is 7. The van der Waals surface area contributed by atoms with Gasteiger partial charge in [-0.05, 0) is 68.8 Å². The number of aromatic nitrogens is 4. The maximum Gasteiger partial charge on any atom is 0.318 e. The van der Waals surface area contributed by atoms with Crippen LogP contribution in [0, 0.1) is 23.0 Å². The number of methoxy groups -OCH3 is 1. The molecule has 0 radical (unpaired) electrons. The summed E-state index contributed by atoms with van der Waals surface area (Å²) in [4.78, 5) is 22.2. The van der Waals surface area contributed by atoms with E-state index < -0.39 is 17.8 Å². The van der Waals surface area contributed by atoms with E-state index >= 15 is 4.39 Å². The smallest absolute Gasteiger partial charge is 0.318 e. The van der Waals surface area contributed by atoms with E-state index in [1.54, 1.807) is 6.20 Å². The van der Waals surface area contributed by atoms with Crippen LogP contribution in [0.15, 0.2) is 24.4 Å². The second kappa shape index (κ2) is 12.7. The molecule has 3 aliphatic heterocycles. The van der Waals surface area contributed by atoms with E-state index in [0.29, 0.717) is 30.8 Å². The molecule has 2 fully saturated rings. The van der Waals surface area contributed by atoms with Gasteiger partial charge in [-0.25, -0.2) is 23.1 Å². The number of nitrogens with two attached hydrogens (primary N) is 2. The first-order valence-corrected chi connectivity index (χ1v) is 17.5. The van der Waals surface area contributed by atoms with Crippen LogP contribution in [0.2, 0.25) is 0 Å². The number of anilines is 3. The zero-order chi connectivity index (χ0) is 34.7. The van der Waals surface area contributed by atoms with Gasteiger partial charge in [0, 0.05) is 35.3 Å². The Morgan fingerprint density at radius 1 is 1.08 bits per heavy atom. The Hall–Kier alpha value is -4.94. The molecule has 4 aromatic heterocycles. The molecular formula is C35H34F3N9O2S. The van der Waals surface area contributed by atoms with Crippen molar-refractivity contribution in [1.29, 1.82) is 5.26 Å². The van der Waals surface area contributed by atoms with Gasteiger partial charge in [-0.2, -0.15) is 15.2 Å². The predicted molar refractivity (Wildman–Crippen MR) is 185 cm³/mol. The average molecular weight is 702 g/mol. The minimum Gasteiger partial charge on any atom is -0.475 e. The molecule has 3 atom stereocenters. The number of hydrogen-bond acceptors (Lipinski definition) is 12. The summed E-state index contributed by atoms with van der Waals surface area (Å²) in [7, 11) is 1.40. The standard InChI is InChI=1S/C28H22F2N8O2S.C7H12FN/c1-39-28-36-22-19-26(37-28)38(16-4-2-3-12-7-8-34-24(32)17(12)16)9-10-40-27(19)35-21(20(22)30)13-5-6-15(29)23-18(13)14(11-31)25(33)41-23;8-6-4-7-2-1-3-9(7)5-6/h5-8,16H,2-4,9-10,33H2,1H3,(H2,32,34);6-7H,1-5H2. The summed E-state index contributed by atoms with van der Waals surface area (Å²) in [5.41, 5.74) is 14.4. The van der Waals surface area contributed by atoms with Crippen LogP contribution in [0.5, 0.6) is 11.9 Å². The summed E-state index contributed by atoms with van der Waals surface area (Å²) < 4.78 is 55.5. The zero-order valence-electron chi connectivity index (χ0n) is 27.3. The van der Waals surface area contributed by atoms with E-state index in [2.05, 4.69) is 24.8 Å². The molecule has 2 saturated heterocycles. The molecule has 7 heterocycles. The number of benzene rings is 1. The Kier molecular flexibility index (Phi) is 8.23. The minimum absolute atomic E-state index is 0.0432. The molecule has 258 valence electrons. The van der Waals surface area contributed by atoms with Crippen molar-refractivity contribution in [2.24, 2.45) is 0 Å². The van der Waals surface area contributed by atoms with Gasteiger partial charge in [-0.1, -0.05) is 0 Å². The Balaban J connectivity index is 0.000000346. The SMILES string of the molecule is COc1nc2c3c(nc(-c4ccc(F)c5sc(N)c(C#N)c45)c(F)c3n1)OCCN2C1CCCc2ccnc(N)c21.FC1CC2CCCN2C1. The third-order valence-electron chi connectivity index (χ3n) is 10.1. The lowest BCUT2D eigenvalue weighted by molar-refractivity contribution is 0.292. The molecule has 5 aromatic rings. The van der Waals surface area contributed by atoms with Crippen molar-refractivity contribution in [2.75, 3.05) is 49.7 Å². The van der Waals surface area contributed by atoms with Crippen molar-refractivity contribution >= 4 is 49.0 Å². The number of halogens is 3. The molecule has 3 unspecified atom stereocenters. The fourth-order valence-corrected chi connectivity index (χ4v) is 8.89. The van der Waals surface area contributed by atoms with Gasteiger partial charge in [0.2, 0.25) is 5.88 Å². The van der Waals surface area contributed by atoms with Crippen LogP contribution < -0.4 is 25.8 Å². The Morgan fingerprint density at radius 2 is 1.94 bits per heavy atom. The number of aryl methyl sites for hydroxylation is 1. The van der Waals surface area contributed by atoms with Crippen LogP contribution in [-0.4, -0.2) is 70.4 Å². The second-order valence-corrected chi connectivity index (χ2v) is 14.0. The van der Waals surface area contributed by atoms with Crippen molar-refractivity contribution in [3.8, 4) is 29.2 Å². The molecule has 0 spiro atoms. The van der Waals surface area contributed by atoms with Gasteiger partial charge in [0.15, 0.2) is 5.82 Å². The number of nitriles is 1. The van der Waals surface area contributed by atoms with Gasteiger partial charge in [-0.3, -0.25) is 4.90 Å². The highest BCUT2D eigenvalue weighted by Gasteiger charge is 2.36. The number of rotatable bonds is 3. The molecule has 0 bridgehead atoms. The topological polar surface area (TPSA) is 152 Å². The molecule has 4 aliphatic rings. The summed E-state index contributed by atoms with van der Waals surface area (Å²) in [5, 5.41) is 10.4. The predicted octanol–water partition coefficient (Wildman–Crippen LogP) is 6.09. The van der Waals surface area contributed by atoms with E-state index in [0.717, 1.165) is 54.7 Å². The molecule has 0 saturated carbocycles. The first-order valence-electron chi connectivity index (χ1n) is 16.6. The monoisotopic (exact) mass is 701 g/mol. The van der Waals surface area contributed by atoms with Gasteiger partial charge in [-0.15, -0.1) is 11.3 Å². The van der Waals surface area contributed by atoms with E-state index in [4.69, 9.17) is 20.9 Å². The molecule has 1 aromatic carbocycles. The van der Waals surface area contributed by atoms with E-state index in [9.17, 15) is 14.0 Å². The van der Waals surface area contributed by atoms with Crippen molar-refractivity contribution in [1.82, 2.24) is 24.8 Å². The Morgan fingerprint density at radius 3 is 2.74 bits per heavy atom. The normalized spacial score (nSPS) is 21.2. The number of hydrogen-bond donors (Lipinski definition) is 2. The number of thiophene rings is 1. The first kappa shape index (κ1) is 32.3. The summed E-state index contributed by atoms with van der Waals surface area (Å²) in [6, 6.07) is 6.95. The molecule has 4 N–H and O–H groups in total. The number of alkyl halides is 1. The summed E-state index contributed by atoms with van der Waals surface area (Å²) in [5.74, 6) is -0.395. The van der Waals surface area contributed by atoms with Crippen LogP contribution in [0.1, 0.15) is 54.8 Å². The first-order chi connectivity index (χ1) is 24.3. The van der Waals surface area contributed by atoms with Crippen LogP contribution in [0.4, 0.5) is 29.8 Å². The third kappa shape index (κ3) is 5.28. The second-order valence-electron chi connectivity index (χ2n) is 12.9. The van der Waals surface area contributed by atoms with Crippen molar-refractivity contribution < 1.29 is 22.6 Å². The van der Waals surface area contributed by atoms with Gasteiger partial charge >= 0.3 is 6.01 Å². The minimum atomic E-state index is -0.789. The molecule has 1 aliphatic carbocycles. The fraction of sp³-hybridized carbons (Fsp3) is 0.400. The lowest BCUT2D eigenvalue weighted by atomic mass is 9.87. The highest BCUT2D eigenvalue weighted by atomic mass is 32.1. The van der Waals surface area contributed by atoms with Gasteiger partial charge in [0.1, 0.15) is 57.9 Å². The molecule has 11 nitrogen and oxygen atoms in total. The van der Waals surface area contributed by atoms with Crippen LogP contribution in [0.25, 0.3) is 32.2 Å². The maximum absolute atomic E-state index is 16.6. The lowest BCUT2D eigenvalue weighted by Crippen LogP contribution is -2.35. The van der Waals surface area contributed by atoms with Crippen molar-refractivity contribution in [3.63, 3.8) is 0 Å². The van der Waals surface area contributed by atoms with Gasteiger partial charge in [0.05, 0.1) is 30.0 Å². The molecule has 0 amide bonds. The van der Waals surface area contributed by atoms with Crippen molar-refractivity contribution in [2.45, 2.75) is 56.8 Å². The average Bonchev–Trinajstić information content (AvgIpc) is 3.76. The summed E-state index contributed by atoms with van der Waals surface area (Å²) >= 11 is 0.924. The van der Waals surface area contributed by atoms with Gasteiger partial charge in [0.25, 0.3) is 0 Å². The Bertz CT molecular complexity index is 2180. The van der Waals surface area contributed by atoms with Crippen LogP contribution in [-0.2, 0) is 6.42 Å². The quantitative estimate of drug-likeness (QED) is 0.225. The largest absolute Gasteiger partial charge is 0.475 e. The maximum atomic E-state index is 16.6. The summed E-state index contributed by atoms with van der Waals surface area (Å²) in [6.45, 7) is 2.47. The van der Waals surface area contributed by atoms with Gasteiger partial charge < -0.3 is 25.8 Å². The summed E-state index contributed by atoms with van der Waals surface area (Å²) in [6.07, 6.45) is 7.10. The lowest BCUT2D eigenvalue weighted by Gasteiger charge is -2.36. The number of fused-ring (bicyclic) bond motifs is 3. The van der Waals surface area contributed by atoms with Crippen LogP contribution >= 0.6 is 11.3 Å². The number of ether oxygens (including phenoxy) is 2. The highest BCUT2D eigenvalue weighted by Crippen LogP contribution is 2.47. The molecular weight excluding hydrogens is 668 g/mol. The Labute approximate surface area is 289 Å². The van der Waals surface area contributed by atoms with Crippen LogP contribution in [0.3, 0.4) is 0 Å². The third-order valence-corrected chi connectivity index (χ3v) is 11.2. The fourth-order valence-electron chi connectivity index (χ4n) is 7.94. The number of pyridine rings is 2. The number of nitrogen functional groups attached to an aromatic ring is 2. The van der Waals surface area contributed by atoms with Crippen molar-refractivity contribution in [3.05, 3.63) is 52.7 Å². The highest BCUT2D eigenvalue weighted by molar-refractivity contribution is 7.23. The van der Waals surface area contributed by atoms with E-state index in [-0.39, 0.29) is 67.4 Å². The van der Waals surface area contributed by atoms with E-state index in [1.807, 2.05) is 17.0 Å².